The highest BCUT2D eigenvalue weighted by Gasteiger charge is 2.29. The molecular formula is C16H17ClF2N6. The maximum Gasteiger partial charge on any atom is 0.229 e. The third kappa shape index (κ3) is 2.95. The second-order valence-corrected chi connectivity index (χ2v) is 6.67. The van der Waals surface area contributed by atoms with E-state index in [0.29, 0.717) is 33.9 Å². The van der Waals surface area contributed by atoms with Crippen molar-refractivity contribution in [2.75, 3.05) is 18.7 Å². The standard InChI is InChI=1S/C16H17ClF2N6/c1-8-12(7-25(24-8)10(4-18)5-19)21-16-22-14(9-2-3-9)13-11(17)6-20-15(13)23-16/h6-7,9-10H,2-5H2,1H3,(H2,20,21,22,23). The quantitative estimate of drug-likeness (QED) is 0.685. The van der Waals surface area contributed by atoms with Crippen molar-refractivity contribution in [1.29, 1.82) is 0 Å². The summed E-state index contributed by atoms with van der Waals surface area (Å²) in [5.74, 6) is 0.804. The highest BCUT2D eigenvalue weighted by molar-refractivity contribution is 6.35. The number of aromatic nitrogens is 5. The summed E-state index contributed by atoms with van der Waals surface area (Å²) in [5.41, 5.74) is 2.83. The zero-order chi connectivity index (χ0) is 17.6. The number of H-pyrrole nitrogens is 1. The predicted molar refractivity (Wildman–Crippen MR) is 92.1 cm³/mol. The van der Waals surface area contributed by atoms with Crippen LogP contribution in [-0.2, 0) is 0 Å². The van der Waals surface area contributed by atoms with Crippen LogP contribution < -0.4 is 5.32 Å². The number of hydrogen-bond donors (Lipinski definition) is 2. The Bertz CT molecular complexity index is 913. The summed E-state index contributed by atoms with van der Waals surface area (Å²) >= 11 is 6.24. The Morgan fingerprint density at radius 1 is 1.36 bits per heavy atom. The van der Waals surface area contributed by atoms with Crippen LogP contribution in [0.4, 0.5) is 20.4 Å². The molecule has 3 aromatic rings. The second kappa shape index (κ2) is 6.25. The summed E-state index contributed by atoms with van der Waals surface area (Å²) in [6.45, 7) is 0.136. The Labute approximate surface area is 147 Å². The molecule has 0 atom stereocenters. The van der Waals surface area contributed by atoms with Crippen LogP contribution in [-0.4, -0.2) is 38.1 Å². The molecule has 6 nitrogen and oxygen atoms in total. The molecule has 2 N–H and O–H groups in total. The monoisotopic (exact) mass is 366 g/mol. The normalized spacial score (nSPS) is 14.6. The number of alkyl halides is 2. The summed E-state index contributed by atoms with van der Waals surface area (Å²) in [6, 6.07) is -0.915. The first-order chi connectivity index (χ1) is 12.1. The molecule has 0 unspecified atom stereocenters. The molecule has 0 saturated heterocycles. The molecule has 0 amide bonds. The molecule has 0 radical (unpaired) electrons. The number of rotatable bonds is 6. The van der Waals surface area contributed by atoms with Crippen molar-refractivity contribution < 1.29 is 8.78 Å². The van der Waals surface area contributed by atoms with E-state index in [1.54, 1.807) is 19.3 Å². The lowest BCUT2D eigenvalue weighted by atomic mass is 10.2. The van der Waals surface area contributed by atoms with E-state index in [4.69, 9.17) is 11.6 Å². The van der Waals surface area contributed by atoms with E-state index in [1.807, 2.05) is 0 Å². The van der Waals surface area contributed by atoms with Gasteiger partial charge in [0, 0.05) is 18.3 Å². The maximum atomic E-state index is 12.9. The number of halogens is 3. The van der Waals surface area contributed by atoms with E-state index in [9.17, 15) is 8.78 Å². The van der Waals surface area contributed by atoms with Crippen molar-refractivity contribution in [3.05, 3.63) is 28.8 Å². The topological polar surface area (TPSA) is 71.4 Å². The van der Waals surface area contributed by atoms with Crippen LogP contribution in [0.15, 0.2) is 12.4 Å². The van der Waals surface area contributed by atoms with E-state index in [1.165, 1.54) is 4.68 Å². The molecule has 0 aromatic carbocycles. The van der Waals surface area contributed by atoms with Gasteiger partial charge in [-0.1, -0.05) is 11.6 Å². The minimum absolute atomic E-state index is 0.394. The molecule has 3 heterocycles. The molecule has 25 heavy (non-hydrogen) atoms. The van der Waals surface area contributed by atoms with E-state index in [2.05, 4.69) is 25.4 Å². The molecule has 0 bridgehead atoms. The molecule has 1 saturated carbocycles. The van der Waals surface area contributed by atoms with Gasteiger partial charge in [-0.3, -0.25) is 4.68 Å². The minimum atomic E-state index is -0.915. The summed E-state index contributed by atoms with van der Waals surface area (Å²) in [5, 5.41) is 8.75. The summed E-state index contributed by atoms with van der Waals surface area (Å²) < 4.78 is 27.0. The zero-order valence-corrected chi connectivity index (χ0v) is 14.3. The number of aromatic amines is 1. The summed E-state index contributed by atoms with van der Waals surface area (Å²) in [7, 11) is 0. The van der Waals surface area contributed by atoms with Crippen LogP contribution in [0.3, 0.4) is 0 Å². The Kier molecular flexibility index (Phi) is 4.07. The number of fused-ring (bicyclic) bond motifs is 1. The van der Waals surface area contributed by atoms with Gasteiger partial charge in [-0.05, 0) is 19.8 Å². The fraction of sp³-hybridized carbons (Fsp3) is 0.438. The van der Waals surface area contributed by atoms with Gasteiger partial charge in [0.05, 0.1) is 27.5 Å². The summed E-state index contributed by atoms with van der Waals surface area (Å²) in [6.07, 6.45) is 5.44. The van der Waals surface area contributed by atoms with Crippen molar-refractivity contribution in [3.8, 4) is 0 Å². The van der Waals surface area contributed by atoms with Crippen LogP contribution in [0.2, 0.25) is 5.02 Å². The van der Waals surface area contributed by atoms with Gasteiger partial charge in [0.2, 0.25) is 5.95 Å². The molecule has 1 fully saturated rings. The first kappa shape index (κ1) is 16.3. The number of anilines is 2. The highest BCUT2D eigenvalue weighted by Crippen LogP contribution is 2.43. The van der Waals surface area contributed by atoms with Gasteiger partial charge < -0.3 is 10.3 Å². The van der Waals surface area contributed by atoms with Crippen LogP contribution >= 0.6 is 11.6 Å². The minimum Gasteiger partial charge on any atom is -0.344 e. The van der Waals surface area contributed by atoms with Crippen LogP contribution in [0.5, 0.6) is 0 Å². The van der Waals surface area contributed by atoms with Crippen molar-refractivity contribution in [3.63, 3.8) is 0 Å². The Morgan fingerprint density at radius 3 is 2.80 bits per heavy atom. The first-order valence-corrected chi connectivity index (χ1v) is 8.47. The fourth-order valence-corrected chi connectivity index (χ4v) is 3.07. The van der Waals surface area contributed by atoms with Crippen molar-refractivity contribution in [2.24, 2.45) is 0 Å². The SMILES string of the molecule is Cc1nn(C(CF)CF)cc1Nc1nc(C2CC2)c2c(Cl)c[nH]c2n1. The van der Waals surface area contributed by atoms with Gasteiger partial charge in [0.25, 0.3) is 0 Å². The fourth-order valence-electron chi connectivity index (χ4n) is 2.82. The number of nitrogens with zero attached hydrogens (tertiary/aromatic N) is 4. The van der Waals surface area contributed by atoms with Gasteiger partial charge in [-0.25, -0.2) is 13.8 Å². The van der Waals surface area contributed by atoms with E-state index in [-0.39, 0.29) is 0 Å². The third-order valence-corrected chi connectivity index (χ3v) is 4.67. The zero-order valence-electron chi connectivity index (χ0n) is 13.6. The van der Waals surface area contributed by atoms with Gasteiger partial charge in [-0.2, -0.15) is 10.1 Å². The highest BCUT2D eigenvalue weighted by atomic mass is 35.5. The lowest BCUT2D eigenvalue weighted by Gasteiger charge is -2.08. The van der Waals surface area contributed by atoms with Crippen molar-refractivity contribution >= 4 is 34.3 Å². The molecule has 9 heteroatoms. The lowest BCUT2D eigenvalue weighted by Crippen LogP contribution is -2.13. The predicted octanol–water partition coefficient (Wildman–Crippen LogP) is 4.22. The van der Waals surface area contributed by atoms with Gasteiger partial charge >= 0.3 is 0 Å². The average molecular weight is 367 g/mol. The molecule has 4 rings (SSSR count). The summed E-state index contributed by atoms with van der Waals surface area (Å²) in [4.78, 5) is 12.1. The Balaban J connectivity index is 1.69. The number of aryl methyl sites for hydroxylation is 1. The third-order valence-electron chi connectivity index (χ3n) is 4.37. The van der Waals surface area contributed by atoms with Crippen LogP contribution in [0, 0.1) is 6.92 Å². The first-order valence-electron chi connectivity index (χ1n) is 8.10. The average Bonchev–Trinajstić information content (AvgIpc) is 3.30. The molecule has 1 aliphatic carbocycles. The van der Waals surface area contributed by atoms with Crippen LogP contribution in [0.25, 0.3) is 11.0 Å². The maximum absolute atomic E-state index is 12.9. The van der Waals surface area contributed by atoms with Crippen molar-refractivity contribution in [1.82, 2.24) is 24.7 Å². The largest absolute Gasteiger partial charge is 0.344 e. The Morgan fingerprint density at radius 2 is 2.12 bits per heavy atom. The van der Waals surface area contributed by atoms with E-state index in [0.717, 1.165) is 23.9 Å². The van der Waals surface area contributed by atoms with Gasteiger partial charge in [0.1, 0.15) is 25.0 Å². The van der Waals surface area contributed by atoms with Crippen LogP contribution in [0.1, 0.15) is 36.2 Å². The molecule has 132 valence electrons. The molecule has 0 aliphatic heterocycles. The molecule has 1 aliphatic rings. The van der Waals surface area contributed by atoms with Gasteiger partial charge in [-0.15, -0.1) is 0 Å². The second-order valence-electron chi connectivity index (χ2n) is 6.26. The number of hydrogen-bond acceptors (Lipinski definition) is 4. The molecule has 0 spiro atoms. The molecular weight excluding hydrogens is 350 g/mol. The van der Waals surface area contributed by atoms with Gasteiger partial charge in [0.15, 0.2) is 0 Å². The Hall–Kier alpha value is -2.22. The smallest absolute Gasteiger partial charge is 0.229 e. The van der Waals surface area contributed by atoms with E-state index >= 15 is 0 Å². The molecule has 3 aromatic heterocycles. The van der Waals surface area contributed by atoms with Crippen molar-refractivity contribution in [2.45, 2.75) is 31.7 Å². The number of nitrogens with one attached hydrogen (secondary N) is 2. The van der Waals surface area contributed by atoms with E-state index < -0.39 is 19.4 Å². The lowest BCUT2D eigenvalue weighted by molar-refractivity contribution is 0.272.